The van der Waals surface area contributed by atoms with Crippen molar-refractivity contribution in [1.29, 1.82) is 0 Å². The van der Waals surface area contributed by atoms with Gasteiger partial charge in [-0.2, -0.15) is 0 Å². The van der Waals surface area contributed by atoms with Crippen LogP contribution in [0.4, 0.5) is 0 Å². The smallest absolute Gasteiger partial charge is 0.00338 e. The van der Waals surface area contributed by atoms with Crippen molar-refractivity contribution < 1.29 is 0 Å². The first-order valence-electron chi connectivity index (χ1n) is 9.86. The molecule has 0 nitrogen and oxygen atoms in total. The average Bonchev–Trinajstić information content (AvgIpc) is 2.58. The molecule has 148 valence electrons. The molecule has 4 heteroatoms. The maximum atomic E-state index is 3.49. The molecular formula is C20H40Br4. The first-order chi connectivity index (χ1) is 11.6. The van der Waals surface area contributed by atoms with Gasteiger partial charge in [0.25, 0.3) is 0 Å². The second kappa shape index (κ2) is 24.9. The standard InChI is InChI=1S/C11H22Br2.C9H18Br2/c1-10(4-3-8-12)5-6-11(2)7-9-13;10-8-6-4-2-1-3-5-7-9-11/h10-11H,3-9H2,1-2H3;1-9H2. The molecule has 0 aromatic carbocycles. The Kier molecular flexibility index (Phi) is 29.2. The molecule has 0 heterocycles. The fraction of sp³-hybridized carbons (Fsp3) is 1.00. The maximum absolute atomic E-state index is 3.49. The van der Waals surface area contributed by atoms with Crippen LogP contribution in [0, 0.1) is 11.8 Å². The Hall–Kier alpha value is 1.92. The molecule has 24 heavy (non-hydrogen) atoms. The van der Waals surface area contributed by atoms with Gasteiger partial charge in [-0.3, -0.25) is 0 Å². The van der Waals surface area contributed by atoms with Crippen molar-refractivity contribution in [3.63, 3.8) is 0 Å². The molecule has 0 bridgehead atoms. The topological polar surface area (TPSA) is 0 Å². The molecule has 0 N–H and O–H groups in total. The Balaban J connectivity index is 0. The molecule has 0 aliphatic heterocycles. The largest absolute Gasteiger partial charge is 0.0928 e. The molecule has 0 aromatic rings. The van der Waals surface area contributed by atoms with Crippen LogP contribution in [-0.2, 0) is 0 Å². The molecule has 0 rings (SSSR count). The van der Waals surface area contributed by atoms with Crippen LogP contribution < -0.4 is 0 Å². The van der Waals surface area contributed by atoms with Gasteiger partial charge in [-0.15, -0.1) is 0 Å². The van der Waals surface area contributed by atoms with Gasteiger partial charge in [-0.1, -0.05) is 123 Å². The summed E-state index contributed by atoms with van der Waals surface area (Å²) in [6.07, 6.45) is 16.6. The molecule has 0 aliphatic rings. The van der Waals surface area contributed by atoms with E-state index in [0.717, 1.165) is 22.5 Å². The first kappa shape index (κ1) is 28.1. The third-order valence-corrected chi connectivity index (χ3v) is 6.49. The van der Waals surface area contributed by atoms with Gasteiger partial charge in [-0.05, 0) is 43.9 Å². The van der Waals surface area contributed by atoms with Gasteiger partial charge in [0.15, 0.2) is 0 Å². The van der Waals surface area contributed by atoms with Crippen molar-refractivity contribution in [2.24, 2.45) is 11.8 Å². The lowest BCUT2D eigenvalue weighted by Crippen LogP contribution is -2.01. The molecular weight excluding hydrogens is 560 g/mol. The van der Waals surface area contributed by atoms with Crippen LogP contribution in [0.2, 0.25) is 0 Å². The highest BCUT2D eigenvalue weighted by Crippen LogP contribution is 2.19. The second-order valence-electron chi connectivity index (χ2n) is 6.95. The Morgan fingerprint density at radius 3 is 1.17 bits per heavy atom. The van der Waals surface area contributed by atoms with E-state index in [1.165, 1.54) is 87.7 Å². The SMILES string of the molecule is BrCCCCCCCCCBr.CC(CCBr)CCC(C)CCCBr. The summed E-state index contributed by atoms with van der Waals surface area (Å²) in [6, 6.07) is 0. The molecule has 0 fully saturated rings. The molecule has 0 aromatic heterocycles. The van der Waals surface area contributed by atoms with Crippen molar-refractivity contribution in [3.05, 3.63) is 0 Å². The number of alkyl halides is 4. The summed E-state index contributed by atoms with van der Waals surface area (Å²) in [5.41, 5.74) is 0. The second-order valence-corrected chi connectivity index (χ2v) is 10.1. The molecule has 2 atom stereocenters. The van der Waals surface area contributed by atoms with Crippen LogP contribution in [0.1, 0.15) is 90.9 Å². The molecule has 0 amide bonds. The molecule has 0 saturated heterocycles. The van der Waals surface area contributed by atoms with E-state index in [1.54, 1.807) is 0 Å². The summed E-state index contributed by atoms with van der Waals surface area (Å²) in [5.74, 6) is 1.81. The van der Waals surface area contributed by atoms with Crippen molar-refractivity contribution in [2.45, 2.75) is 90.9 Å². The van der Waals surface area contributed by atoms with Gasteiger partial charge in [0, 0.05) is 21.3 Å². The van der Waals surface area contributed by atoms with Crippen molar-refractivity contribution in [1.82, 2.24) is 0 Å². The summed E-state index contributed by atoms with van der Waals surface area (Å²) in [4.78, 5) is 0. The third-order valence-electron chi connectivity index (χ3n) is 4.35. The lowest BCUT2D eigenvalue weighted by Gasteiger charge is -2.14. The number of rotatable bonds is 16. The van der Waals surface area contributed by atoms with E-state index in [1.807, 2.05) is 0 Å². The molecule has 0 aliphatic carbocycles. The van der Waals surface area contributed by atoms with Crippen LogP contribution >= 0.6 is 63.7 Å². The van der Waals surface area contributed by atoms with E-state index >= 15 is 0 Å². The van der Waals surface area contributed by atoms with Crippen LogP contribution in [-0.4, -0.2) is 21.3 Å². The maximum Gasteiger partial charge on any atom is 0.00338 e. The number of hydrogen-bond acceptors (Lipinski definition) is 0. The van der Waals surface area contributed by atoms with Gasteiger partial charge in [0.1, 0.15) is 0 Å². The Labute approximate surface area is 186 Å². The Morgan fingerprint density at radius 1 is 0.417 bits per heavy atom. The minimum Gasteiger partial charge on any atom is -0.0928 e. The number of unbranched alkanes of at least 4 members (excludes halogenated alkanes) is 6. The minimum absolute atomic E-state index is 0.894. The lowest BCUT2D eigenvalue weighted by atomic mass is 9.94. The van der Waals surface area contributed by atoms with Crippen LogP contribution in [0.15, 0.2) is 0 Å². The van der Waals surface area contributed by atoms with E-state index < -0.39 is 0 Å². The average molecular weight is 600 g/mol. The summed E-state index contributed by atoms with van der Waals surface area (Å²) < 4.78 is 0. The zero-order valence-electron chi connectivity index (χ0n) is 16.0. The van der Waals surface area contributed by atoms with E-state index in [4.69, 9.17) is 0 Å². The van der Waals surface area contributed by atoms with E-state index in [2.05, 4.69) is 77.6 Å². The first-order valence-corrected chi connectivity index (χ1v) is 14.3. The number of hydrogen-bond donors (Lipinski definition) is 0. The van der Waals surface area contributed by atoms with Crippen LogP contribution in [0.5, 0.6) is 0 Å². The Bertz CT molecular complexity index is 204. The summed E-state index contributed by atoms with van der Waals surface area (Å²) >= 11 is 13.8. The predicted molar refractivity (Wildman–Crippen MR) is 129 cm³/mol. The zero-order chi connectivity index (χ0) is 18.5. The zero-order valence-corrected chi connectivity index (χ0v) is 22.3. The van der Waals surface area contributed by atoms with Gasteiger partial charge in [0.2, 0.25) is 0 Å². The quantitative estimate of drug-likeness (QED) is 0.122. The minimum atomic E-state index is 0.894. The van der Waals surface area contributed by atoms with E-state index in [9.17, 15) is 0 Å². The van der Waals surface area contributed by atoms with Crippen molar-refractivity contribution >= 4 is 63.7 Å². The summed E-state index contributed by atoms with van der Waals surface area (Å²) in [6.45, 7) is 4.74. The van der Waals surface area contributed by atoms with Crippen molar-refractivity contribution in [3.8, 4) is 0 Å². The third kappa shape index (κ3) is 26.2. The van der Waals surface area contributed by atoms with E-state index in [0.29, 0.717) is 0 Å². The summed E-state index contributed by atoms with van der Waals surface area (Å²) in [7, 11) is 0. The fourth-order valence-electron chi connectivity index (χ4n) is 2.54. The van der Waals surface area contributed by atoms with Gasteiger partial charge < -0.3 is 0 Å². The highest BCUT2D eigenvalue weighted by atomic mass is 79.9. The van der Waals surface area contributed by atoms with Crippen molar-refractivity contribution in [2.75, 3.05) is 21.3 Å². The van der Waals surface area contributed by atoms with Crippen LogP contribution in [0.3, 0.4) is 0 Å². The summed E-state index contributed by atoms with van der Waals surface area (Å²) in [5, 5.41) is 4.67. The molecule has 0 spiro atoms. The van der Waals surface area contributed by atoms with E-state index in [-0.39, 0.29) is 0 Å². The highest BCUT2D eigenvalue weighted by molar-refractivity contribution is 9.09. The molecule has 0 saturated carbocycles. The fourth-order valence-corrected chi connectivity index (χ4v) is 4.44. The lowest BCUT2D eigenvalue weighted by molar-refractivity contribution is 0.406. The van der Waals surface area contributed by atoms with Gasteiger partial charge in [-0.25, -0.2) is 0 Å². The normalized spacial score (nSPS) is 13.2. The molecule has 0 radical (unpaired) electrons. The Morgan fingerprint density at radius 2 is 0.792 bits per heavy atom. The van der Waals surface area contributed by atoms with Crippen LogP contribution in [0.25, 0.3) is 0 Å². The predicted octanol–water partition coefficient (Wildman–Crippen LogP) is 9.51. The highest BCUT2D eigenvalue weighted by Gasteiger charge is 2.05. The molecule has 2 unspecified atom stereocenters. The number of halogens is 4. The van der Waals surface area contributed by atoms with Gasteiger partial charge in [0.05, 0.1) is 0 Å². The monoisotopic (exact) mass is 596 g/mol. The van der Waals surface area contributed by atoms with Gasteiger partial charge >= 0.3 is 0 Å².